The molecule has 4 aromatic rings. The lowest BCUT2D eigenvalue weighted by atomic mass is 9.92. The molecule has 0 atom stereocenters. The fourth-order valence-electron chi connectivity index (χ4n) is 4.52. The highest BCUT2D eigenvalue weighted by Crippen LogP contribution is 2.47. The van der Waals surface area contributed by atoms with Gasteiger partial charge in [-0.05, 0) is 69.9 Å². The van der Waals surface area contributed by atoms with Gasteiger partial charge in [0.2, 0.25) is 0 Å². The van der Waals surface area contributed by atoms with Crippen molar-refractivity contribution in [2.45, 2.75) is 52.2 Å². The largest absolute Gasteiger partial charge is 0.494 e. The van der Waals surface area contributed by atoms with Crippen LogP contribution >= 0.6 is 0 Å². The Bertz CT molecular complexity index is 1290. The maximum atomic E-state index is 12.0. The second-order valence-corrected chi connectivity index (χ2v) is 8.82. The van der Waals surface area contributed by atoms with Gasteiger partial charge >= 0.3 is 6.09 Å². The predicted molar refractivity (Wildman–Crippen MR) is 132 cm³/mol. The molecule has 1 amide bonds. The van der Waals surface area contributed by atoms with Crippen molar-refractivity contribution in [2.75, 3.05) is 11.9 Å². The van der Waals surface area contributed by atoms with Crippen molar-refractivity contribution in [3.05, 3.63) is 54.7 Å². The van der Waals surface area contributed by atoms with Crippen LogP contribution in [0.15, 0.2) is 59.3 Å². The maximum absolute atomic E-state index is 12.0. The molecular formula is C27H29N3O4. The van der Waals surface area contributed by atoms with E-state index in [2.05, 4.69) is 27.2 Å². The highest BCUT2D eigenvalue weighted by molar-refractivity contribution is 6.04. The zero-order chi connectivity index (χ0) is 23.7. The number of amides is 1. The average molecular weight is 460 g/mol. The van der Waals surface area contributed by atoms with Gasteiger partial charge in [-0.2, -0.15) is 0 Å². The summed E-state index contributed by atoms with van der Waals surface area (Å²) in [5, 5.41) is 7.87. The number of fused-ring (bicyclic) bond motifs is 1. The molecule has 0 spiro atoms. The molecule has 5 rings (SSSR count). The fraction of sp³-hybridized carbons (Fsp3) is 0.333. The number of aromatic nitrogens is 2. The number of anilines is 1. The van der Waals surface area contributed by atoms with E-state index in [-0.39, 0.29) is 6.10 Å². The highest BCUT2D eigenvalue weighted by atomic mass is 16.6. The Morgan fingerprint density at radius 2 is 1.97 bits per heavy atom. The molecule has 2 aromatic heterocycles. The number of rotatable bonds is 7. The highest BCUT2D eigenvalue weighted by Gasteiger charge is 2.29. The first-order valence-corrected chi connectivity index (χ1v) is 11.8. The van der Waals surface area contributed by atoms with Crippen molar-refractivity contribution in [1.29, 1.82) is 0 Å². The molecule has 2 aromatic carbocycles. The van der Waals surface area contributed by atoms with Crippen LogP contribution in [0.25, 0.3) is 33.5 Å². The molecule has 0 unspecified atom stereocenters. The van der Waals surface area contributed by atoms with Crippen LogP contribution in [0, 0.1) is 0 Å². The van der Waals surface area contributed by atoms with E-state index in [1.807, 2.05) is 57.2 Å². The number of ether oxygens (including phenoxy) is 2. The molecule has 7 nitrogen and oxygen atoms in total. The topological polar surface area (TPSA) is 78.5 Å². The van der Waals surface area contributed by atoms with Crippen LogP contribution in [-0.4, -0.2) is 28.5 Å². The van der Waals surface area contributed by atoms with Gasteiger partial charge in [0.15, 0.2) is 5.76 Å². The van der Waals surface area contributed by atoms with Crippen LogP contribution in [0.2, 0.25) is 0 Å². The van der Waals surface area contributed by atoms with Crippen molar-refractivity contribution in [3.8, 4) is 28.3 Å². The van der Waals surface area contributed by atoms with Gasteiger partial charge in [0.1, 0.15) is 5.75 Å². The van der Waals surface area contributed by atoms with Gasteiger partial charge in [0.05, 0.1) is 35.7 Å². The Kier molecular flexibility index (Phi) is 6.01. The van der Waals surface area contributed by atoms with Crippen molar-refractivity contribution in [3.63, 3.8) is 0 Å². The molecule has 1 saturated carbocycles. The lowest BCUT2D eigenvalue weighted by Gasteiger charge is -2.30. The van der Waals surface area contributed by atoms with Gasteiger partial charge in [0, 0.05) is 29.2 Å². The number of nitrogens with zero attached hydrogens (tertiary/aromatic N) is 2. The summed E-state index contributed by atoms with van der Waals surface area (Å²) in [5.74, 6) is 1.58. The maximum Gasteiger partial charge on any atom is 0.411 e. The minimum absolute atomic E-state index is 0.177. The monoisotopic (exact) mass is 459 g/mol. The first kappa shape index (κ1) is 22.1. The molecule has 1 fully saturated rings. The molecule has 0 radical (unpaired) electrons. The summed E-state index contributed by atoms with van der Waals surface area (Å²) in [6.45, 7) is 6.26. The van der Waals surface area contributed by atoms with Crippen LogP contribution in [0.1, 0.15) is 46.1 Å². The summed E-state index contributed by atoms with van der Waals surface area (Å²) < 4.78 is 19.1. The number of nitrogens with one attached hydrogen (secondary N) is 1. The molecule has 34 heavy (non-hydrogen) atoms. The number of carbonyl (C=O) groups excluding carboxylic acids is 1. The zero-order valence-electron chi connectivity index (χ0n) is 19.7. The lowest BCUT2D eigenvalue weighted by molar-refractivity contribution is 0.130. The number of carbonyl (C=O) groups is 1. The molecule has 7 heteroatoms. The van der Waals surface area contributed by atoms with E-state index in [9.17, 15) is 4.79 Å². The van der Waals surface area contributed by atoms with E-state index in [0.29, 0.717) is 18.3 Å². The fourth-order valence-corrected chi connectivity index (χ4v) is 4.52. The quantitative estimate of drug-likeness (QED) is 0.320. The summed E-state index contributed by atoms with van der Waals surface area (Å²) in [4.78, 5) is 12.0. The molecule has 1 aliphatic carbocycles. The number of hydrogen-bond donors (Lipinski definition) is 1. The molecule has 1 aliphatic rings. The summed E-state index contributed by atoms with van der Waals surface area (Å²) in [7, 11) is 0. The van der Waals surface area contributed by atoms with E-state index in [1.54, 1.807) is 6.20 Å². The molecule has 0 aliphatic heterocycles. The van der Waals surface area contributed by atoms with Gasteiger partial charge in [0.25, 0.3) is 0 Å². The third kappa shape index (κ3) is 4.14. The van der Waals surface area contributed by atoms with Gasteiger partial charge in [-0.25, -0.2) is 4.79 Å². The second-order valence-electron chi connectivity index (χ2n) is 8.82. The number of benzene rings is 2. The SMILES string of the molecule is CCOc1ccc2c(-c3ccno3)c(-c3ccc(NC(=O)OC(C)C)cc3)n(C3CCC3)c2c1. The van der Waals surface area contributed by atoms with Crippen molar-refractivity contribution >= 4 is 22.7 Å². The summed E-state index contributed by atoms with van der Waals surface area (Å²) in [6.07, 6.45) is 4.51. The van der Waals surface area contributed by atoms with Crippen molar-refractivity contribution in [1.82, 2.24) is 9.72 Å². The third-order valence-electron chi connectivity index (χ3n) is 6.16. The Balaban J connectivity index is 1.65. The van der Waals surface area contributed by atoms with E-state index < -0.39 is 6.09 Å². The van der Waals surface area contributed by atoms with Crippen molar-refractivity contribution in [2.24, 2.45) is 0 Å². The first-order valence-electron chi connectivity index (χ1n) is 11.8. The van der Waals surface area contributed by atoms with Crippen LogP contribution in [0.3, 0.4) is 0 Å². The summed E-state index contributed by atoms with van der Waals surface area (Å²) in [5.41, 5.74) is 4.94. The Labute approximate surface area is 198 Å². The van der Waals surface area contributed by atoms with Gasteiger partial charge in [-0.3, -0.25) is 5.32 Å². The Morgan fingerprint density at radius 3 is 2.59 bits per heavy atom. The Hall–Kier alpha value is -3.74. The number of hydrogen-bond acceptors (Lipinski definition) is 5. The zero-order valence-corrected chi connectivity index (χ0v) is 19.7. The third-order valence-corrected chi connectivity index (χ3v) is 6.16. The van der Waals surface area contributed by atoms with Crippen LogP contribution in [0.4, 0.5) is 10.5 Å². The van der Waals surface area contributed by atoms with Crippen LogP contribution in [-0.2, 0) is 4.74 Å². The standard InChI is InChI=1S/C27H29N3O4/c1-4-32-21-12-13-22-23(16-21)30(20-6-5-7-20)26(25(22)24-14-15-28-34-24)18-8-10-19(11-9-18)29-27(31)33-17(2)3/h8-17,20H,4-7H2,1-3H3,(H,29,31). The van der Waals surface area contributed by atoms with Gasteiger partial charge in [-0.1, -0.05) is 17.3 Å². The normalized spacial score (nSPS) is 13.8. The molecular weight excluding hydrogens is 430 g/mol. The predicted octanol–water partition coefficient (Wildman–Crippen LogP) is 7.04. The smallest absolute Gasteiger partial charge is 0.411 e. The van der Waals surface area contributed by atoms with Crippen molar-refractivity contribution < 1.29 is 18.8 Å². The molecule has 0 saturated heterocycles. The van der Waals surface area contributed by atoms with E-state index >= 15 is 0 Å². The van der Waals surface area contributed by atoms with E-state index in [0.717, 1.165) is 52.1 Å². The summed E-state index contributed by atoms with van der Waals surface area (Å²) in [6, 6.07) is 16.4. The molecule has 2 heterocycles. The van der Waals surface area contributed by atoms with Gasteiger partial charge < -0.3 is 18.6 Å². The van der Waals surface area contributed by atoms with E-state index in [4.69, 9.17) is 14.0 Å². The van der Waals surface area contributed by atoms with E-state index in [1.165, 1.54) is 6.42 Å². The van der Waals surface area contributed by atoms with Gasteiger partial charge in [-0.15, -0.1) is 0 Å². The Morgan fingerprint density at radius 1 is 1.18 bits per heavy atom. The minimum atomic E-state index is -0.461. The molecule has 1 N–H and O–H groups in total. The molecule has 176 valence electrons. The van der Waals surface area contributed by atoms with Crippen LogP contribution < -0.4 is 10.1 Å². The average Bonchev–Trinajstić information content (AvgIpc) is 3.39. The first-order chi connectivity index (χ1) is 16.5. The summed E-state index contributed by atoms with van der Waals surface area (Å²) >= 11 is 0. The lowest BCUT2D eigenvalue weighted by Crippen LogP contribution is -2.18. The molecule has 0 bridgehead atoms. The second kappa shape index (κ2) is 9.25. The minimum Gasteiger partial charge on any atom is -0.494 e. The van der Waals surface area contributed by atoms with Crippen LogP contribution in [0.5, 0.6) is 5.75 Å².